The first-order valence-corrected chi connectivity index (χ1v) is 21.5. The molecule has 0 fully saturated rings. The molecule has 3 atom stereocenters. The Morgan fingerprint density at radius 3 is 1.70 bits per heavy atom. The summed E-state index contributed by atoms with van der Waals surface area (Å²) in [6, 6.07) is -1.53. The predicted molar refractivity (Wildman–Crippen MR) is 217 cm³/mol. The van der Waals surface area contributed by atoms with Gasteiger partial charge in [-0.3, -0.25) is 23.4 Å². The van der Waals surface area contributed by atoms with Gasteiger partial charge in [-0.05, 0) is 77.0 Å². The van der Waals surface area contributed by atoms with Crippen LogP contribution in [0.2, 0.25) is 0 Å². The van der Waals surface area contributed by atoms with E-state index in [1.165, 1.54) is 25.7 Å². The average molecular weight is 780 g/mol. The number of carboxylic acids is 1. The molecule has 0 saturated carbocycles. The molecule has 0 spiro atoms. The van der Waals surface area contributed by atoms with Crippen LogP contribution in [-0.2, 0) is 37.5 Å². The van der Waals surface area contributed by atoms with Crippen LogP contribution in [0.1, 0.15) is 142 Å². The summed E-state index contributed by atoms with van der Waals surface area (Å²) in [7, 11) is -4.73. The van der Waals surface area contributed by atoms with Gasteiger partial charge >= 0.3 is 25.7 Å². The first-order chi connectivity index (χ1) is 26.1. The van der Waals surface area contributed by atoms with Gasteiger partial charge in [-0.15, -0.1) is 0 Å². The van der Waals surface area contributed by atoms with Gasteiger partial charge in [-0.2, -0.15) is 0 Å². The fraction of sp³-hybridized carbons (Fsp3) is 0.643. The maximum atomic E-state index is 12.6. The lowest BCUT2D eigenvalue weighted by Crippen LogP contribution is -2.34. The molecule has 0 radical (unpaired) electrons. The lowest BCUT2D eigenvalue weighted by atomic mass is 10.1. The minimum Gasteiger partial charge on any atom is -0.480 e. The molecule has 0 aromatic rings. The number of rotatable bonds is 36. The lowest BCUT2D eigenvalue weighted by Gasteiger charge is -2.20. The summed E-state index contributed by atoms with van der Waals surface area (Å²) in [4.78, 5) is 45.8. The third kappa shape index (κ3) is 35.9. The van der Waals surface area contributed by atoms with Gasteiger partial charge in [0.05, 0.1) is 13.2 Å². The molecule has 0 aliphatic rings. The van der Waals surface area contributed by atoms with Crippen LogP contribution in [0.15, 0.2) is 72.9 Å². The number of aliphatic carboxylic acids is 1. The van der Waals surface area contributed by atoms with E-state index < -0.39 is 51.1 Å². The van der Waals surface area contributed by atoms with Crippen molar-refractivity contribution in [3.8, 4) is 0 Å². The molecule has 0 aliphatic carbocycles. The average Bonchev–Trinajstić information content (AvgIpc) is 3.14. The predicted octanol–water partition coefficient (Wildman–Crippen LogP) is 10.2. The zero-order valence-corrected chi connectivity index (χ0v) is 33.9. The Kier molecular flexibility index (Phi) is 34.8. The smallest absolute Gasteiger partial charge is 0.472 e. The molecule has 0 bridgehead atoms. The van der Waals surface area contributed by atoms with Crippen LogP contribution < -0.4 is 5.73 Å². The summed E-state index contributed by atoms with van der Waals surface area (Å²) in [5, 5.41) is 8.87. The number of carbonyl (C=O) groups excluding carboxylic acids is 2. The third-order valence-corrected chi connectivity index (χ3v) is 8.92. The van der Waals surface area contributed by atoms with E-state index in [1.54, 1.807) is 0 Å². The van der Waals surface area contributed by atoms with Crippen molar-refractivity contribution in [3.05, 3.63) is 72.9 Å². The fourth-order valence-electron chi connectivity index (χ4n) is 4.81. The molecule has 0 aromatic heterocycles. The summed E-state index contributed by atoms with van der Waals surface area (Å²) in [6.07, 6.45) is 42.6. The number of carbonyl (C=O) groups is 3. The summed E-state index contributed by atoms with van der Waals surface area (Å²) in [5.74, 6) is -2.46. The summed E-state index contributed by atoms with van der Waals surface area (Å²) >= 11 is 0. The number of nitrogens with two attached hydrogens (primary N) is 1. The summed E-state index contributed by atoms with van der Waals surface area (Å²) < 4.78 is 32.5. The molecule has 0 heterocycles. The van der Waals surface area contributed by atoms with Crippen LogP contribution in [-0.4, -0.2) is 59.9 Å². The molecule has 4 N–H and O–H groups in total. The van der Waals surface area contributed by atoms with Gasteiger partial charge in [0, 0.05) is 12.8 Å². The van der Waals surface area contributed by atoms with Gasteiger partial charge in [-0.25, -0.2) is 4.57 Å². The topological polar surface area (TPSA) is 172 Å². The number of ether oxygens (including phenoxy) is 2. The minimum atomic E-state index is -4.73. The van der Waals surface area contributed by atoms with Gasteiger partial charge in [-0.1, -0.05) is 125 Å². The van der Waals surface area contributed by atoms with Gasteiger partial charge in [0.2, 0.25) is 0 Å². The van der Waals surface area contributed by atoms with Gasteiger partial charge in [0.15, 0.2) is 6.10 Å². The van der Waals surface area contributed by atoms with Crippen molar-refractivity contribution >= 4 is 25.7 Å². The number of carboxylic acid groups (broad SMARTS) is 1. The van der Waals surface area contributed by atoms with E-state index in [-0.39, 0.29) is 19.4 Å². The van der Waals surface area contributed by atoms with Gasteiger partial charge in [0.25, 0.3) is 0 Å². The standard InChI is InChI=1S/C42H70NO10P/c1-3-5-7-9-11-13-15-17-19-21-23-25-27-29-31-33-40(44)50-35-38(36-51-54(48,49)52-37-39(43)42(46)47)53-41(45)34-32-30-28-26-24-22-20-18-16-14-12-10-8-6-4-2/h5,7,11,13-14,16-20,23,25,38-39H,3-4,6,8-10,12,15,21-22,24,26-37,43H2,1-2H3,(H,46,47)(H,48,49)/b7-5+,13-11+,16-14+,19-17+,20-18+,25-23+/t38-,39+/m1/s1. The first-order valence-electron chi connectivity index (χ1n) is 20.0. The Morgan fingerprint density at radius 1 is 0.611 bits per heavy atom. The van der Waals surface area contributed by atoms with E-state index >= 15 is 0 Å². The van der Waals surface area contributed by atoms with E-state index in [1.807, 2.05) is 0 Å². The molecule has 1 unspecified atom stereocenters. The van der Waals surface area contributed by atoms with Crippen molar-refractivity contribution in [2.75, 3.05) is 19.8 Å². The summed E-state index contributed by atoms with van der Waals surface area (Å²) in [6.45, 7) is 2.58. The summed E-state index contributed by atoms with van der Waals surface area (Å²) in [5.41, 5.74) is 5.32. The van der Waals surface area contributed by atoms with Gasteiger partial charge in [0.1, 0.15) is 12.6 Å². The molecule has 0 saturated heterocycles. The number of esters is 2. The van der Waals surface area contributed by atoms with Crippen LogP contribution in [0.5, 0.6) is 0 Å². The van der Waals surface area contributed by atoms with Crippen molar-refractivity contribution < 1.29 is 47.5 Å². The number of hydrogen-bond acceptors (Lipinski definition) is 9. The quantitative estimate of drug-likeness (QED) is 0.0182. The molecular formula is C42H70NO10P. The molecular weight excluding hydrogens is 709 g/mol. The number of phosphoric acid groups is 1. The molecule has 308 valence electrons. The second kappa shape index (κ2) is 36.9. The van der Waals surface area contributed by atoms with Crippen LogP contribution in [0.25, 0.3) is 0 Å². The Hall–Kier alpha value is -3.08. The highest BCUT2D eigenvalue weighted by Gasteiger charge is 2.28. The normalized spacial score (nSPS) is 14.6. The number of phosphoric ester groups is 1. The van der Waals surface area contributed by atoms with Crippen molar-refractivity contribution in [1.29, 1.82) is 0 Å². The molecule has 12 heteroatoms. The Labute approximate surface area is 325 Å². The minimum absolute atomic E-state index is 0.130. The zero-order valence-electron chi connectivity index (χ0n) is 33.0. The Balaban J connectivity index is 4.53. The number of hydrogen-bond donors (Lipinski definition) is 3. The van der Waals surface area contributed by atoms with Crippen LogP contribution in [0.3, 0.4) is 0 Å². The van der Waals surface area contributed by atoms with Crippen molar-refractivity contribution in [1.82, 2.24) is 0 Å². The highest BCUT2D eigenvalue weighted by Crippen LogP contribution is 2.43. The Morgan fingerprint density at radius 2 is 1.09 bits per heavy atom. The lowest BCUT2D eigenvalue weighted by molar-refractivity contribution is -0.161. The van der Waals surface area contributed by atoms with Crippen LogP contribution >= 0.6 is 7.82 Å². The fourth-order valence-corrected chi connectivity index (χ4v) is 5.59. The molecule has 11 nitrogen and oxygen atoms in total. The first kappa shape index (κ1) is 50.9. The van der Waals surface area contributed by atoms with Gasteiger partial charge < -0.3 is 25.2 Å². The Bertz CT molecular complexity index is 1190. The maximum Gasteiger partial charge on any atom is 0.472 e. The second-order valence-electron chi connectivity index (χ2n) is 13.1. The zero-order chi connectivity index (χ0) is 40.0. The van der Waals surface area contributed by atoms with E-state index in [4.69, 9.17) is 24.8 Å². The third-order valence-electron chi connectivity index (χ3n) is 7.97. The molecule has 0 rings (SSSR count). The van der Waals surface area contributed by atoms with E-state index in [9.17, 15) is 23.8 Å². The number of unbranched alkanes of at least 4 members (excludes halogenated alkanes) is 11. The maximum absolute atomic E-state index is 12.6. The highest BCUT2D eigenvalue weighted by atomic mass is 31.2. The molecule has 54 heavy (non-hydrogen) atoms. The monoisotopic (exact) mass is 779 g/mol. The van der Waals surface area contributed by atoms with Crippen molar-refractivity contribution in [2.45, 2.75) is 154 Å². The molecule has 0 aromatic carbocycles. The largest absolute Gasteiger partial charge is 0.480 e. The SMILES string of the molecule is CC/C=C/C/C=C/C/C=C/C/C=C/CCCCC(=O)OC[C@H](COP(=O)(O)OC[C@H](N)C(=O)O)OC(=O)CCCCCCC/C=C/C=C/CCCCCC. The second-order valence-corrected chi connectivity index (χ2v) is 14.5. The molecule has 0 amide bonds. The van der Waals surface area contributed by atoms with Crippen molar-refractivity contribution in [2.24, 2.45) is 5.73 Å². The highest BCUT2D eigenvalue weighted by molar-refractivity contribution is 7.47. The number of allylic oxidation sites excluding steroid dienone is 12. The molecule has 0 aliphatic heterocycles. The van der Waals surface area contributed by atoms with Crippen LogP contribution in [0.4, 0.5) is 0 Å². The van der Waals surface area contributed by atoms with E-state index in [0.29, 0.717) is 12.8 Å². The van der Waals surface area contributed by atoms with E-state index in [0.717, 1.165) is 77.0 Å². The van der Waals surface area contributed by atoms with Crippen LogP contribution in [0, 0.1) is 0 Å². The van der Waals surface area contributed by atoms with Crippen molar-refractivity contribution in [3.63, 3.8) is 0 Å². The van der Waals surface area contributed by atoms with E-state index in [2.05, 4.69) is 91.3 Å².